The molecular formula is C16H11N. The van der Waals surface area contributed by atoms with E-state index in [1.807, 2.05) is 0 Å². The molecule has 2 aromatic rings. The molecule has 0 radical (unpaired) electrons. The Morgan fingerprint density at radius 1 is 1.12 bits per heavy atom. The largest absolute Gasteiger partial charge is 0.320 e. The van der Waals surface area contributed by atoms with E-state index in [1.54, 1.807) is 5.57 Å². The van der Waals surface area contributed by atoms with E-state index >= 15 is 0 Å². The maximum absolute atomic E-state index is 2.35. The zero-order chi connectivity index (χ0) is 11.0. The highest BCUT2D eigenvalue weighted by molar-refractivity contribution is 5.88. The lowest BCUT2D eigenvalue weighted by molar-refractivity contribution is 0.969. The van der Waals surface area contributed by atoms with Gasteiger partial charge in [-0.25, -0.2) is 0 Å². The summed E-state index contributed by atoms with van der Waals surface area (Å²) in [5.74, 6) is 0.505. The summed E-state index contributed by atoms with van der Waals surface area (Å²) in [6.45, 7) is 0. The molecule has 2 aliphatic carbocycles. The number of benzene rings is 1. The van der Waals surface area contributed by atoms with Crippen LogP contribution in [0.25, 0.3) is 11.3 Å². The Balaban J connectivity index is 1.97. The molecule has 1 unspecified atom stereocenters. The minimum Gasteiger partial charge on any atom is -0.320 e. The van der Waals surface area contributed by atoms with Crippen molar-refractivity contribution in [2.45, 2.75) is 12.3 Å². The number of hydrogen-bond acceptors (Lipinski definition) is 0. The van der Waals surface area contributed by atoms with Gasteiger partial charge in [0.1, 0.15) is 0 Å². The number of aromatic nitrogens is 1. The summed E-state index contributed by atoms with van der Waals surface area (Å²) in [5, 5.41) is 0. The van der Waals surface area contributed by atoms with Crippen molar-refractivity contribution in [2.24, 2.45) is 0 Å². The molecule has 0 spiro atoms. The molecule has 0 saturated heterocycles. The summed E-state index contributed by atoms with van der Waals surface area (Å²) in [6.07, 6.45) is 7.92. The summed E-state index contributed by atoms with van der Waals surface area (Å²) in [6, 6.07) is 11.1. The van der Waals surface area contributed by atoms with Gasteiger partial charge < -0.3 is 4.57 Å². The highest BCUT2D eigenvalue weighted by Gasteiger charge is 2.39. The Hall–Kier alpha value is -2.02. The van der Waals surface area contributed by atoms with Crippen LogP contribution in [-0.4, -0.2) is 4.57 Å². The van der Waals surface area contributed by atoms with Gasteiger partial charge in [0.05, 0.1) is 11.6 Å². The lowest BCUT2D eigenvalue weighted by atomic mass is 9.94. The van der Waals surface area contributed by atoms with Crippen LogP contribution in [0.1, 0.15) is 29.2 Å². The third-order valence-electron chi connectivity index (χ3n) is 4.31. The van der Waals surface area contributed by atoms with Crippen molar-refractivity contribution >= 4 is 5.57 Å². The SMILES string of the molecule is C1=CC2=C(C1)c1cccc3c1C2c1cccn1-3. The number of rotatable bonds is 0. The third kappa shape index (κ3) is 0.743. The maximum atomic E-state index is 2.35. The maximum Gasteiger partial charge on any atom is 0.0526 e. The molecule has 17 heavy (non-hydrogen) atoms. The lowest BCUT2D eigenvalue weighted by Crippen LogP contribution is -1.94. The summed E-state index contributed by atoms with van der Waals surface area (Å²) in [4.78, 5) is 0. The average Bonchev–Trinajstić information content (AvgIpc) is 3.06. The summed E-state index contributed by atoms with van der Waals surface area (Å²) in [7, 11) is 0. The fraction of sp³-hybridized carbons (Fsp3) is 0.125. The van der Waals surface area contributed by atoms with Gasteiger partial charge in [-0.15, -0.1) is 0 Å². The molecule has 1 atom stereocenters. The van der Waals surface area contributed by atoms with E-state index in [9.17, 15) is 0 Å². The van der Waals surface area contributed by atoms with E-state index in [2.05, 4.69) is 53.2 Å². The molecule has 3 aliphatic rings. The summed E-state index contributed by atoms with van der Waals surface area (Å²) < 4.78 is 2.35. The Kier molecular flexibility index (Phi) is 1.17. The minimum atomic E-state index is 0.505. The molecule has 1 nitrogen and oxygen atoms in total. The van der Waals surface area contributed by atoms with Crippen LogP contribution < -0.4 is 0 Å². The number of allylic oxidation sites excluding steroid dienone is 4. The second-order valence-electron chi connectivity index (χ2n) is 5.01. The van der Waals surface area contributed by atoms with E-state index in [0.717, 1.165) is 6.42 Å². The van der Waals surface area contributed by atoms with E-state index in [0.29, 0.717) is 5.92 Å². The van der Waals surface area contributed by atoms with E-state index in [1.165, 1.54) is 28.1 Å². The zero-order valence-electron chi connectivity index (χ0n) is 9.35. The van der Waals surface area contributed by atoms with Gasteiger partial charge in [-0.2, -0.15) is 0 Å². The van der Waals surface area contributed by atoms with Crippen LogP contribution in [-0.2, 0) is 0 Å². The smallest absolute Gasteiger partial charge is 0.0526 e. The standard InChI is InChI=1S/C16H11N/c1-4-10-11(5-1)16-14-8-3-9-17(14)13-7-2-6-12(10)15(13)16/h1-3,5-9,16H,4H2. The van der Waals surface area contributed by atoms with Crippen LogP contribution in [0, 0.1) is 0 Å². The highest BCUT2D eigenvalue weighted by Crippen LogP contribution is 2.55. The molecule has 0 saturated carbocycles. The molecule has 0 N–H and O–H groups in total. The van der Waals surface area contributed by atoms with Gasteiger partial charge in [0.25, 0.3) is 0 Å². The molecule has 1 aromatic carbocycles. The van der Waals surface area contributed by atoms with Crippen LogP contribution in [0.3, 0.4) is 0 Å². The predicted molar refractivity (Wildman–Crippen MR) is 68.3 cm³/mol. The first kappa shape index (κ1) is 8.13. The van der Waals surface area contributed by atoms with Crippen molar-refractivity contribution in [3.8, 4) is 5.69 Å². The van der Waals surface area contributed by atoms with E-state index in [-0.39, 0.29) is 0 Å². The Morgan fingerprint density at radius 2 is 2.12 bits per heavy atom. The van der Waals surface area contributed by atoms with Crippen LogP contribution >= 0.6 is 0 Å². The number of nitrogens with zero attached hydrogens (tertiary/aromatic N) is 1. The normalized spacial score (nSPS) is 22.0. The molecule has 1 heteroatoms. The van der Waals surface area contributed by atoms with Crippen molar-refractivity contribution in [2.75, 3.05) is 0 Å². The van der Waals surface area contributed by atoms with E-state index < -0.39 is 0 Å². The third-order valence-corrected chi connectivity index (χ3v) is 4.31. The molecule has 5 rings (SSSR count). The Labute approximate surface area is 99.7 Å². The zero-order valence-corrected chi connectivity index (χ0v) is 9.35. The van der Waals surface area contributed by atoms with Crippen LogP contribution in [0.15, 0.2) is 54.3 Å². The first-order valence-electron chi connectivity index (χ1n) is 6.15. The predicted octanol–water partition coefficient (Wildman–Crippen LogP) is 3.65. The van der Waals surface area contributed by atoms with Crippen molar-refractivity contribution in [1.82, 2.24) is 4.57 Å². The molecule has 0 bridgehead atoms. The van der Waals surface area contributed by atoms with Gasteiger partial charge in [0, 0.05) is 11.9 Å². The fourth-order valence-electron chi connectivity index (χ4n) is 3.70. The van der Waals surface area contributed by atoms with E-state index in [4.69, 9.17) is 0 Å². The molecule has 1 aliphatic heterocycles. The van der Waals surface area contributed by atoms with Gasteiger partial charge >= 0.3 is 0 Å². The molecule has 80 valence electrons. The van der Waals surface area contributed by atoms with Crippen LogP contribution in [0.2, 0.25) is 0 Å². The van der Waals surface area contributed by atoms with Crippen LogP contribution in [0.5, 0.6) is 0 Å². The second kappa shape index (κ2) is 2.45. The van der Waals surface area contributed by atoms with Gasteiger partial charge in [-0.1, -0.05) is 24.3 Å². The van der Waals surface area contributed by atoms with Crippen LogP contribution in [0.4, 0.5) is 0 Å². The Morgan fingerprint density at radius 3 is 3.12 bits per heavy atom. The van der Waals surface area contributed by atoms with Gasteiger partial charge in [-0.3, -0.25) is 0 Å². The Bertz CT molecular complexity index is 728. The number of hydrogen-bond donors (Lipinski definition) is 0. The fourth-order valence-corrected chi connectivity index (χ4v) is 3.70. The van der Waals surface area contributed by atoms with Crippen molar-refractivity contribution in [3.05, 3.63) is 71.1 Å². The molecule has 1 aromatic heterocycles. The van der Waals surface area contributed by atoms with Gasteiger partial charge in [-0.05, 0) is 46.9 Å². The minimum absolute atomic E-state index is 0.505. The number of fused-ring (bicyclic) bond motifs is 5. The molecule has 2 heterocycles. The quantitative estimate of drug-likeness (QED) is 0.634. The first-order chi connectivity index (χ1) is 8.45. The monoisotopic (exact) mass is 217 g/mol. The second-order valence-corrected chi connectivity index (χ2v) is 5.01. The first-order valence-corrected chi connectivity index (χ1v) is 6.15. The van der Waals surface area contributed by atoms with Crippen molar-refractivity contribution in [3.63, 3.8) is 0 Å². The molecule has 0 amide bonds. The topological polar surface area (TPSA) is 4.93 Å². The summed E-state index contributed by atoms with van der Waals surface area (Å²) in [5.41, 5.74) is 8.93. The van der Waals surface area contributed by atoms with Gasteiger partial charge in [0.15, 0.2) is 0 Å². The lowest BCUT2D eigenvalue weighted by Gasteiger charge is -2.06. The van der Waals surface area contributed by atoms with Crippen molar-refractivity contribution < 1.29 is 0 Å². The molecule has 0 fully saturated rings. The van der Waals surface area contributed by atoms with Crippen molar-refractivity contribution in [1.29, 1.82) is 0 Å². The summed E-state index contributed by atoms with van der Waals surface area (Å²) >= 11 is 0. The average molecular weight is 217 g/mol. The molecular weight excluding hydrogens is 206 g/mol. The highest BCUT2D eigenvalue weighted by atomic mass is 15.0. The van der Waals surface area contributed by atoms with Gasteiger partial charge in [0.2, 0.25) is 0 Å².